The maximum atomic E-state index is 11.8. The Kier molecular flexibility index (Phi) is 6.30. The highest BCUT2D eigenvalue weighted by atomic mass is 16.1. The van der Waals surface area contributed by atoms with E-state index in [-0.39, 0.29) is 22.9 Å². The van der Waals surface area contributed by atoms with Gasteiger partial charge in [0.15, 0.2) is 0 Å². The zero-order valence-corrected chi connectivity index (χ0v) is 13.1. The molecule has 1 amide bonds. The van der Waals surface area contributed by atoms with Crippen LogP contribution in [0.1, 0.15) is 47.5 Å². The fraction of sp³-hybridized carbons (Fsp3) is 0.929. The van der Waals surface area contributed by atoms with Gasteiger partial charge in [0.25, 0.3) is 0 Å². The van der Waals surface area contributed by atoms with E-state index in [0.717, 1.165) is 6.42 Å². The van der Waals surface area contributed by atoms with E-state index in [0.29, 0.717) is 13.0 Å². The Balaban J connectivity index is 4.06. The third kappa shape index (κ3) is 7.67. The van der Waals surface area contributed by atoms with Gasteiger partial charge in [-0.15, -0.1) is 0 Å². The Labute approximate surface area is 112 Å². The fourth-order valence-corrected chi connectivity index (χ4v) is 1.64. The van der Waals surface area contributed by atoms with Crippen LogP contribution in [0, 0.1) is 5.41 Å². The number of hydrogen-bond acceptors (Lipinski definition) is 3. The number of amides is 1. The molecule has 1 atom stereocenters. The molecule has 3 N–H and O–H groups in total. The summed E-state index contributed by atoms with van der Waals surface area (Å²) < 4.78 is 0. The molecule has 0 aromatic heterocycles. The second kappa shape index (κ2) is 6.53. The van der Waals surface area contributed by atoms with Crippen molar-refractivity contribution in [1.29, 1.82) is 0 Å². The van der Waals surface area contributed by atoms with E-state index < -0.39 is 0 Å². The van der Waals surface area contributed by atoms with Gasteiger partial charge in [0, 0.05) is 24.5 Å². The summed E-state index contributed by atoms with van der Waals surface area (Å²) >= 11 is 0. The molecule has 0 saturated heterocycles. The summed E-state index contributed by atoms with van der Waals surface area (Å²) in [5.74, 6) is 0.0432. The maximum absolute atomic E-state index is 11.8. The van der Waals surface area contributed by atoms with Crippen molar-refractivity contribution < 1.29 is 4.79 Å². The number of likely N-dealkylation sites (N-methyl/N-ethyl adjacent to an activating group) is 1. The van der Waals surface area contributed by atoms with Crippen LogP contribution >= 0.6 is 0 Å². The summed E-state index contributed by atoms with van der Waals surface area (Å²) in [7, 11) is 4.02. The molecule has 0 aliphatic heterocycles. The average Bonchev–Trinajstić information content (AvgIpc) is 2.11. The Hall–Kier alpha value is -0.610. The Morgan fingerprint density at radius 3 is 2.11 bits per heavy atom. The zero-order chi connectivity index (χ0) is 14.6. The van der Waals surface area contributed by atoms with Crippen molar-refractivity contribution in [2.24, 2.45) is 11.1 Å². The summed E-state index contributed by atoms with van der Waals surface area (Å²) in [4.78, 5) is 13.9. The van der Waals surface area contributed by atoms with Crippen molar-refractivity contribution in [2.75, 3.05) is 20.6 Å². The standard InChI is InChI=1S/C14H31N3O/c1-13(2,3)9-11(15)8-12(18)16-10-14(4,5)17(6)7/h11H,8-10,15H2,1-7H3,(H,16,18). The Morgan fingerprint density at radius 1 is 1.22 bits per heavy atom. The van der Waals surface area contributed by atoms with Crippen LogP contribution in [-0.4, -0.2) is 43.0 Å². The summed E-state index contributed by atoms with van der Waals surface area (Å²) in [6.45, 7) is 11.3. The van der Waals surface area contributed by atoms with Gasteiger partial charge in [-0.25, -0.2) is 0 Å². The first kappa shape index (κ1) is 17.4. The van der Waals surface area contributed by atoms with E-state index in [9.17, 15) is 4.79 Å². The lowest BCUT2D eigenvalue weighted by atomic mass is 9.87. The predicted molar refractivity (Wildman–Crippen MR) is 77.4 cm³/mol. The van der Waals surface area contributed by atoms with Gasteiger partial charge in [0.05, 0.1) is 0 Å². The summed E-state index contributed by atoms with van der Waals surface area (Å²) in [6.07, 6.45) is 1.26. The molecule has 0 bridgehead atoms. The van der Waals surface area contributed by atoms with Crippen LogP contribution in [0.5, 0.6) is 0 Å². The largest absolute Gasteiger partial charge is 0.354 e. The number of nitrogens with zero attached hydrogens (tertiary/aromatic N) is 1. The second-order valence-corrected chi connectivity index (χ2v) is 7.21. The monoisotopic (exact) mass is 257 g/mol. The molecule has 1 unspecified atom stereocenters. The number of nitrogens with one attached hydrogen (secondary N) is 1. The molecule has 0 spiro atoms. The summed E-state index contributed by atoms with van der Waals surface area (Å²) in [6, 6.07) is -0.0625. The molecule has 0 saturated carbocycles. The van der Waals surface area contributed by atoms with Crippen LogP contribution in [0.25, 0.3) is 0 Å². The first-order valence-corrected chi connectivity index (χ1v) is 6.64. The lowest BCUT2D eigenvalue weighted by Gasteiger charge is -2.32. The van der Waals surface area contributed by atoms with E-state index in [1.165, 1.54) is 0 Å². The van der Waals surface area contributed by atoms with Crippen LogP contribution in [0.4, 0.5) is 0 Å². The summed E-state index contributed by atoms with van der Waals surface area (Å²) in [5.41, 5.74) is 6.12. The predicted octanol–water partition coefficient (Wildman–Crippen LogP) is 1.60. The van der Waals surface area contributed by atoms with Gasteiger partial charge in [0.1, 0.15) is 0 Å². The molecule has 0 fully saturated rings. The highest BCUT2D eigenvalue weighted by Crippen LogP contribution is 2.21. The maximum Gasteiger partial charge on any atom is 0.221 e. The number of rotatable bonds is 6. The van der Waals surface area contributed by atoms with Gasteiger partial charge < -0.3 is 16.0 Å². The minimum Gasteiger partial charge on any atom is -0.354 e. The van der Waals surface area contributed by atoms with E-state index in [2.05, 4.69) is 44.8 Å². The van der Waals surface area contributed by atoms with Gasteiger partial charge >= 0.3 is 0 Å². The quantitative estimate of drug-likeness (QED) is 0.760. The Morgan fingerprint density at radius 2 is 1.72 bits per heavy atom. The van der Waals surface area contributed by atoms with Crippen molar-refractivity contribution in [3.63, 3.8) is 0 Å². The first-order valence-electron chi connectivity index (χ1n) is 6.64. The van der Waals surface area contributed by atoms with Crippen LogP contribution < -0.4 is 11.1 Å². The molecule has 4 heteroatoms. The minimum absolute atomic E-state index is 0.0379. The molecule has 0 aliphatic carbocycles. The minimum atomic E-state index is -0.0625. The van der Waals surface area contributed by atoms with Crippen LogP contribution in [0.2, 0.25) is 0 Å². The first-order chi connectivity index (χ1) is 7.94. The molecule has 0 rings (SSSR count). The second-order valence-electron chi connectivity index (χ2n) is 7.21. The molecule has 18 heavy (non-hydrogen) atoms. The van der Waals surface area contributed by atoms with E-state index in [4.69, 9.17) is 5.73 Å². The van der Waals surface area contributed by atoms with Gasteiger partial charge in [-0.3, -0.25) is 4.79 Å². The van der Waals surface area contributed by atoms with Crippen LogP contribution in [0.15, 0.2) is 0 Å². The van der Waals surface area contributed by atoms with Gasteiger partial charge in [-0.05, 0) is 39.8 Å². The third-order valence-electron chi connectivity index (χ3n) is 3.25. The highest BCUT2D eigenvalue weighted by Gasteiger charge is 2.22. The van der Waals surface area contributed by atoms with Crippen molar-refractivity contribution in [1.82, 2.24) is 10.2 Å². The number of carbonyl (C=O) groups excluding carboxylic acids is 1. The highest BCUT2D eigenvalue weighted by molar-refractivity contribution is 5.76. The Bertz CT molecular complexity index is 267. The molecule has 0 radical (unpaired) electrons. The van der Waals surface area contributed by atoms with Crippen molar-refractivity contribution in [3.8, 4) is 0 Å². The molecule has 0 heterocycles. The van der Waals surface area contributed by atoms with E-state index in [1.54, 1.807) is 0 Å². The number of nitrogens with two attached hydrogens (primary N) is 1. The molecular weight excluding hydrogens is 226 g/mol. The van der Waals surface area contributed by atoms with Crippen LogP contribution in [0.3, 0.4) is 0 Å². The van der Waals surface area contributed by atoms with E-state index >= 15 is 0 Å². The topological polar surface area (TPSA) is 58.4 Å². The van der Waals surface area contributed by atoms with Crippen molar-refractivity contribution in [2.45, 2.75) is 59.0 Å². The van der Waals surface area contributed by atoms with Crippen molar-refractivity contribution in [3.05, 3.63) is 0 Å². The lowest BCUT2D eigenvalue weighted by molar-refractivity contribution is -0.122. The fourth-order valence-electron chi connectivity index (χ4n) is 1.64. The smallest absolute Gasteiger partial charge is 0.221 e. The number of carbonyl (C=O) groups is 1. The summed E-state index contributed by atoms with van der Waals surface area (Å²) in [5, 5.41) is 2.96. The molecule has 0 aromatic carbocycles. The third-order valence-corrected chi connectivity index (χ3v) is 3.25. The van der Waals surface area contributed by atoms with E-state index in [1.807, 2.05) is 14.1 Å². The molecule has 108 valence electrons. The van der Waals surface area contributed by atoms with Gasteiger partial charge in [-0.2, -0.15) is 0 Å². The van der Waals surface area contributed by atoms with Gasteiger partial charge in [0.2, 0.25) is 5.91 Å². The van der Waals surface area contributed by atoms with Crippen molar-refractivity contribution >= 4 is 5.91 Å². The zero-order valence-electron chi connectivity index (χ0n) is 13.1. The molecule has 0 aliphatic rings. The van der Waals surface area contributed by atoms with Crippen LogP contribution in [-0.2, 0) is 4.79 Å². The molecule has 0 aromatic rings. The van der Waals surface area contributed by atoms with Gasteiger partial charge in [-0.1, -0.05) is 20.8 Å². The normalized spacial score (nSPS) is 14.7. The number of hydrogen-bond donors (Lipinski definition) is 2. The average molecular weight is 257 g/mol. The lowest BCUT2D eigenvalue weighted by Crippen LogP contribution is -2.48. The SMILES string of the molecule is CN(C)C(C)(C)CNC(=O)CC(N)CC(C)(C)C. The molecule has 4 nitrogen and oxygen atoms in total. The molecular formula is C14H31N3O.